The molecule has 148 valence electrons. The Kier molecular flexibility index (Phi) is 6.22. The summed E-state index contributed by atoms with van der Waals surface area (Å²) in [5.41, 5.74) is 5.43. The molecule has 3 aromatic rings. The number of halogens is 3. The minimum absolute atomic E-state index is 0. The minimum atomic E-state index is -1.13. The van der Waals surface area contributed by atoms with Crippen LogP contribution in [0.2, 0.25) is 0 Å². The molecule has 0 fully saturated rings. The van der Waals surface area contributed by atoms with Crippen molar-refractivity contribution in [2.45, 2.75) is 32.3 Å². The van der Waals surface area contributed by atoms with Gasteiger partial charge in [0.25, 0.3) is 0 Å². The van der Waals surface area contributed by atoms with Gasteiger partial charge in [-0.1, -0.05) is 25.8 Å². The summed E-state index contributed by atoms with van der Waals surface area (Å²) in [5, 5.41) is 10.3. The van der Waals surface area contributed by atoms with E-state index >= 15 is 0 Å². The number of nitrogens with two attached hydrogens (primary N) is 1. The summed E-state index contributed by atoms with van der Waals surface area (Å²) in [6.45, 7) is 3.66. The van der Waals surface area contributed by atoms with Crippen LogP contribution in [0.1, 0.15) is 32.5 Å². The molecule has 1 aromatic carbocycles. The van der Waals surface area contributed by atoms with E-state index in [9.17, 15) is 13.9 Å². The highest BCUT2D eigenvalue weighted by Crippen LogP contribution is 2.28. The third-order valence-electron chi connectivity index (χ3n) is 4.51. The summed E-state index contributed by atoms with van der Waals surface area (Å²) < 4.78 is 29.2. The third-order valence-corrected chi connectivity index (χ3v) is 4.51. The number of hydrogen-bond acceptors (Lipinski definition) is 5. The van der Waals surface area contributed by atoms with E-state index in [2.05, 4.69) is 26.8 Å². The third kappa shape index (κ3) is 3.77. The van der Waals surface area contributed by atoms with E-state index in [4.69, 9.17) is 5.73 Å². The normalized spacial score (nSPS) is 11.1. The summed E-state index contributed by atoms with van der Waals surface area (Å²) >= 11 is 0. The van der Waals surface area contributed by atoms with Gasteiger partial charge in [-0.25, -0.2) is 23.7 Å². The number of aliphatic hydroxyl groups is 1. The van der Waals surface area contributed by atoms with Gasteiger partial charge in [-0.2, -0.15) is 0 Å². The van der Waals surface area contributed by atoms with E-state index in [1.54, 1.807) is 7.05 Å². The van der Waals surface area contributed by atoms with E-state index in [0.717, 1.165) is 6.07 Å². The maximum Gasteiger partial charge on any atom is 0.209 e. The molecule has 0 aliphatic rings. The van der Waals surface area contributed by atoms with Crippen LogP contribution >= 0.6 is 12.4 Å². The summed E-state index contributed by atoms with van der Waals surface area (Å²) in [7, 11) is 1.62. The van der Waals surface area contributed by atoms with Crippen molar-refractivity contribution in [2.75, 3.05) is 5.73 Å². The molecule has 28 heavy (non-hydrogen) atoms. The van der Waals surface area contributed by atoms with Crippen LogP contribution in [-0.2, 0) is 7.05 Å². The van der Waals surface area contributed by atoms with Gasteiger partial charge in [0.05, 0.1) is 5.56 Å². The highest BCUT2D eigenvalue weighted by atomic mass is 35.5. The van der Waals surface area contributed by atoms with Crippen molar-refractivity contribution in [2.24, 2.45) is 7.05 Å². The molecule has 0 radical (unpaired) electrons. The fraction of sp³-hybridized carbons (Fsp3) is 0.316. The average molecular weight is 408 g/mol. The molecule has 3 N–H and O–H groups in total. The van der Waals surface area contributed by atoms with Crippen LogP contribution in [0.5, 0.6) is 0 Å². The lowest BCUT2D eigenvalue weighted by atomic mass is 9.98. The Hall–Kier alpha value is -2.76. The average Bonchev–Trinajstić information content (AvgIpc) is 2.99. The number of aryl methyl sites for hydroxylation is 1. The molecule has 9 heteroatoms. The molecular formula is C19H20ClF2N5O. The first kappa shape index (κ1) is 21.5. The van der Waals surface area contributed by atoms with Crippen LogP contribution in [-0.4, -0.2) is 30.2 Å². The summed E-state index contributed by atoms with van der Waals surface area (Å²) in [4.78, 5) is 12.7. The van der Waals surface area contributed by atoms with Gasteiger partial charge in [0.2, 0.25) is 5.82 Å². The first-order valence-electron chi connectivity index (χ1n) is 8.49. The zero-order valence-corrected chi connectivity index (χ0v) is 16.4. The largest absolute Gasteiger partial charge is 0.382 e. The van der Waals surface area contributed by atoms with E-state index < -0.39 is 17.2 Å². The summed E-state index contributed by atoms with van der Waals surface area (Å²) in [6, 6.07) is 3.86. The molecule has 0 amide bonds. The number of benzene rings is 1. The topological polar surface area (TPSA) is 89.9 Å². The van der Waals surface area contributed by atoms with Crippen LogP contribution in [0.25, 0.3) is 22.6 Å². The molecule has 0 saturated carbocycles. The molecule has 0 unspecified atom stereocenters. The molecule has 3 rings (SSSR count). The number of anilines is 1. The number of nitrogens with zero attached hydrogens (tertiary/aromatic N) is 4. The van der Waals surface area contributed by atoms with E-state index in [0.29, 0.717) is 18.5 Å². The van der Waals surface area contributed by atoms with Crippen LogP contribution in [0.15, 0.2) is 18.2 Å². The fourth-order valence-electron chi connectivity index (χ4n) is 2.65. The van der Waals surface area contributed by atoms with Gasteiger partial charge in [0, 0.05) is 7.05 Å². The minimum Gasteiger partial charge on any atom is -0.382 e. The molecule has 6 nitrogen and oxygen atoms in total. The molecule has 0 bridgehead atoms. The number of hydrogen-bond donors (Lipinski definition) is 2. The Balaban J connectivity index is 0.00000280. The second-order valence-corrected chi connectivity index (χ2v) is 6.19. The van der Waals surface area contributed by atoms with E-state index in [1.807, 2.05) is 13.8 Å². The summed E-state index contributed by atoms with van der Waals surface area (Å²) in [6.07, 6.45) is 0.922. The molecule has 2 aromatic heterocycles. The van der Waals surface area contributed by atoms with E-state index in [-0.39, 0.29) is 41.0 Å². The van der Waals surface area contributed by atoms with Crippen molar-refractivity contribution in [3.63, 3.8) is 0 Å². The number of aromatic nitrogens is 4. The smallest absolute Gasteiger partial charge is 0.209 e. The van der Waals surface area contributed by atoms with Gasteiger partial charge in [0.15, 0.2) is 28.6 Å². The highest BCUT2D eigenvalue weighted by Gasteiger charge is 2.20. The quantitative estimate of drug-likeness (QED) is 0.651. The maximum atomic E-state index is 14.2. The van der Waals surface area contributed by atoms with Crippen LogP contribution < -0.4 is 5.73 Å². The predicted octanol–water partition coefficient (Wildman–Crippen LogP) is 3.22. The number of nitrogen functional groups attached to an aromatic ring is 1. The van der Waals surface area contributed by atoms with E-state index in [1.165, 1.54) is 16.7 Å². The second kappa shape index (κ2) is 8.09. The van der Waals surface area contributed by atoms with Gasteiger partial charge >= 0.3 is 0 Å². The van der Waals surface area contributed by atoms with Crippen molar-refractivity contribution < 1.29 is 13.9 Å². The van der Waals surface area contributed by atoms with Crippen molar-refractivity contribution in [1.29, 1.82) is 0 Å². The molecule has 0 aliphatic carbocycles. The fourth-order valence-corrected chi connectivity index (χ4v) is 2.65. The number of imidazole rings is 1. The van der Waals surface area contributed by atoms with Crippen molar-refractivity contribution in [3.05, 3.63) is 35.7 Å². The Labute approximate surface area is 167 Å². The highest BCUT2D eigenvalue weighted by molar-refractivity contribution is 5.86. The van der Waals surface area contributed by atoms with Gasteiger partial charge < -0.3 is 15.4 Å². The first-order valence-corrected chi connectivity index (χ1v) is 8.49. The van der Waals surface area contributed by atoms with Gasteiger partial charge in [-0.3, -0.25) is 0 Å². The van der Waals surface area contributed by atoms with Crippen LogP contribution in [0, 0.1) is 23.5 Å². The number of fused-ring (bicyclic) bond motifs is 1. The van der Waals surface area contributed by atoms with Gasteiger partial charge in [-0.05, 0) is 30.9 Å². The first-order chi connectivity index (χ1) is 12.8. The Bertz CT molecular complexity index is 1080. The van der Waals surface area contributed by atoms with Crippen molar-refractivity contribution in [1.82, 2.24) is 19.5 Å². The molecule has 0 aliphatic heterocycles. The molecule has 2 heterocycles. The molecule has 0 spiro atoms. The molecule has 0 atom stereocenters. The summed E-state index contributed by atoms with van der Waals surface area (Å²) in [5.74, 6) is 3.89. The van der Waals surface area contributed by atoms with Gasteiger partial charge in [0.1, 0.15) is 11.4 Å². The zero-order chi connectivity index (χ0) is 19.8. The SMILES string of the molecule is CCC(O)(C#Cc1nc(N)c2nc(-c3cccc(F)c3F)n(C)c2n1)CC.Cl. The van der Waals surface area contributed by atoms with Gasteiger partial charge in [-0.15, -0.1) is 12.4 Å². The standard InChI is InChI=1S/C19H19F2N5O.ClH/c1-4-19(27,5-2)10-9-13-23-16(22)15-18(24-13)26(3)17(25-15)11-7-6-8-12(20)14(11)21;/h6-8,27H,4-5H2,1-3H3,(H2,22,23,24);1H. The maximum absolute atomic E-state index is 14.2. The second-order valence-electron chi connectivity index (χ2n) is 6.19. The molecular weight excluding hydrogens is 388 g/mol. The van der Waals surface area contributed by atoms with Crippen LogP contribution in [0.4, 0.5) is 14.6 Å². The lowest BCUT2D eigenvalue weighted by molar-refractivity contribution is 0.0931. The zero-order valence-electron chi connectivity index (χ0n) is 15.6. The lowest BCUT2D eigenvalue weighted by Crippen LogP contribution is -2.23. The van der Waals surface area contributed by atoms with Crippen molar-refractivity contribution >= 4 is 29.4 Å². The monoisotopic (exact) mass is 407 g/mol. The Morgan fingerprint density at radius 1 is 1.18 bits per heavy atom. The molecule has 0 saturated heterocycles. The van der Waals surface area contributed by atoms with Crippen molar-refractivity contribution in [3.8, 4) is 23.2 Å². The van der Waals surface area contributed by atoms with Crippen LogP contribution in [0.3, 0.4) is 0 Å². The predicted molar refractivity (Wildman–Crippen MR) is 106 cm³/mol. The lowest BCUT2D eigenvalue weighted by Gasteiger charge is -2.16. The number of rotatable bonds is 3. The Morgan fingerprint density at radius 3 is 2.50 bits per heavy atom. The Morgan fingerprint density at radius 2 is 1.86 bits per heavy atom.